The summed E-state index contributed by atoms with van der Waals surface area (Å²) in [5.74, 6) is -0.224. The SMILES string of the molecule is CCCCC(OC(=O)[C@@H]1CNCN1)C1=CC=CCC1=O. The van der Waals surface area contributed by atoms with Crippen LogP contribution in [0.3, 0.4) is 0 Å². The minimum Gasteiger partial charge on any atom is -0.456 e. The summed E-state index contributed by atoms with van der Waals surface area (Å²) in [6.07, 6.45) is 8.09. The Balaban J connectivity index is 2.02. The Morgan fingerprint density at radius 1 is 1.55 bits per heavy atom. The second kappa shape index (κ2) is 7.36. The standard InChI is InChI=1S/C15H22N2O3/c1-2-3-8-14(11-6-4-5-7-13(11)18)20-15(19)12-9-16-10-17-12/h4-6,12,14,16-17H,2-3,7-10H2,1H3/t12-,14?/m0/s1. The highest BCUT2D eigenvalue weighted by Crippen LogP contribution is 2.20. The van der Waals surface area contributed by atoms with E-state index in [0.29, 0.717) is 31.6 Å². The lowest BCUT2D eigenvalue weighted by Gasteiger charge is -2.22. The third kappa shape index (κ3) is 3.77. The van der Waals surface area contributed by atoms with E-state index in [1.165, 1.54) is 0 Å². The van der Waals surface area contributed by atoms with Gasteiger partial charge in [-0.05, 0) is 12.8 Å². The molecule has 0 spiro atoms. The fourth-order valence-corrected chi connectivity index (χ4v) is 2.38. The second-order valence-electron chi connectivity index (χ2n) is 5.13. The van der Waals surface area contributed by atoms with Crippen molar-refractivity contribution in [2.75, 3.05) is 13.2 Å². The minimum atomic E-state index is -0.415. The molecule has 2 N–H and O–H groups in total. The van der Waals surface area contributed by atoms with Gasteiger partial charge in [0.15, 0.2) is 5.78 Å². The van der Waals surface area contributed by atoms with Crippen LogP contribution in [0.5, 0.6) is 0 Å². The summed E-state index contributed by atoms with van der Waals surface area (Å²) in [6, 6.07) is -0.311. The molecule has 2 atom stereocenters. The van der Waals surface area contributed by atoms with Crippen molar-refractivity contribution in [3.8, 4) is 0 Å². The molecule has 0 amide bonds. The Bertz CT molecular complexity index is 423. The number of carbonyl (C=O) groups is 2. The maximum atomic E-state index is 12.1. The van der Waals surface area contributed by atoms with Crippen LogP contribution < -0.4 is 10.6 Å². The van der Waals surface area contributed by atoms with Crippen molar-refractivity contribution in [1.82, 2.24) is 10.6 Å². The lowest BCUT2D eigenvalue weighted by atomic mass is 9.95. The number of carbonyl (C=O) groups excluding carboxylic acids is 2. The van der Waals surface area contributed by atoms with E-state index in [2.05, 4.69) is 17.6 Å². The fraction of sp³-hybridized carbons (Fsp3) is 0.600. The van der Waals surface area contributed by atoms with Crippen molar-refractivity contribution in [3.05, 3.63) is 23.8 Å². The largest absolute Gasteiger partial charge is 0.456 e. The highest BCUT2D eigenvalue weighted by Gasteiger charge is 2.29. The first-order valence-corrected chi connectivity index (χ1v) is 7.27. The molecule has 1 unspecified atom stereocenters. The van der Waals surface area contributed by atoms with Crippen LogP contribution in [-0.4, -0.2) is 37.1 Å². The summed E-state index contributed by atoms with van der Waals surface area (Å²) in [7, 11) is 0. The summed E-state index contributed by atoms with van der Waals surface area (Å²) in [5.41, 5.74) is 0.625. The van der Waals surface area contributed by atoms with Gasteiger partial charge in [-0.3, -0.25) is 14.9 Å². The molecule has 1 heterocycles. The number of ether oxygens (including phenoxy) is 1. The second-order valence-corrected chi connectivity index (χ2v) is 5.13. The van der Waals surface area contributed by atoms with E-state index in [0.717, 1.165) is 12.8 Å². The molecule has 2 rings (SSSR count). The first kappa shape index (κ1) is 14.9. The van der Waals surface area contributed by atoms with E-state index in [-0.39, 0.29) is 17.8 Å². The van der Waals surface area contributed by atoms with Crippen molar-refractivity contribution >= 4 is 11.8 Å². The van der Waals surface area contributed by atoms with Crippen molar-refractivity contribution in [2.45, 2.75) is 44.8 Å². The van der Waals surface area contributed by atoms with Crippen LogP contribution >= 0.6 is 0 Å². The average Bonchev–Trinajstić information content (AvgIpc) is 2.98. The first-order valence-electron chi connectivity index (χ1n) is 7.27. The van der Waals surface area contributed by atoms with Crippen LogP contribution in [0, 0.1) is 0 Å². The molecule has 5 nitrogen and oxygen atoms in total. The van der Waals surface area contributed by atoms with Crippen molar-refractivity contribution in [2.24, 2.45) is 0 Å². The summed E-state index contributed by atoms with van der Waals surface area (Å²) < 4.78 is 5.58. The lowest BCUT2D eigenvalue weighted by Crippen LogP contribution is -2.38. The summed E-state index contributed by atoms with van der Waals surface area (Å²) in [4.78, 5) is 24.0. The smallest absolute Gasteiger partial charge is 0.325 e. The molecule has 1 saturated heterocycles. The van der Waals surface area contributed by atoms with Gasteiger partial charge in [-0.25, -0.2) is 0 Å². The van der Waals surface area contributed by atoms with Gasteiger partial charge in [0, 0.05) is 25.2 Å². The van der Waals surface area contributed by atoms with Crippen LogP contribution in [0.2, 0.25) is 0 Å². The molecule has 0 saturated carbocycles. The van der Waals surface area contributed by atoms with Crippen LogP contribution in [0.15, 0.2) is 23.8 Å². The van der Waals surface area contributed by atoms with Crippen LogP contribution in [0.4, 0.5) is 0 Å². The van der Waals surface area contributed by atoms with Crippen molar-refractivity contribution < 1.29 is 14.3 Å². The molecule has 0 aromatic carbocycles. The average molecular weight is 278 g/mol. The van der Waals surface area contributed by atoms with Crippen LogP contribution in [0.25, 0.3) is 0 Å². The Labute approximate surface area is 119 Å². The molecular formula is C15H22N2O3. The number of nitrogens with one attached hydrogen (secondary N) is 2. The molecule has 2 aliphatic rings. The van der Waals surface area contributed by atoms with Gasteiger partial charge >= 0.3 is 5.97 Å². The van der Waals surface area contributed by atoms with Gasteiger partial charge in [-0.1, -0.05) is 31.6 Å². The third-order valence-corrected chi connectivity index (χ3v) is 3.57. The van der Waals surface area contributed by atoms with Crippen molar-refractivity contribution in [1.29, 1.82) is 0 Å². The number of esters is 1. The van der Waals surface area contributed by atoms with Gasteiger partial charge in [-0.2, -0.15) is 0 Å². The third-order valence-electron chi connectivity index (χ3n) is 3.57. The monoisotopic (exact) mass is 278 g/mol. The maximum Gasteiger partial charge on any atom is 0.325 e. The maximum absolute atomic E-state index is 12.1. The van der Waals surface area contributed by atoms with Crippen LogP contribution in [-0.2, 0) is 14.3 Å². The fourth-order valence-electron chi connectivity index (χ4n) is 2.38. The quantitative estimate of drug-likeness (QED) is 0.711. The highest BCUT2D eigenvalue weighted by molar-refractivity contribution is 5.99. The molecule has 0 aromatic heterocycles. The number of ketones is 1. The normalized spacial score (nSPS) is 23.6. The molecule has 5 heteroatoms. The van der Waals surface area contributed by atoms with E-state index >= 15 is 0 Å². The van der Waals surface area contributed by atoms with Crippen LogP contribution in [0.1, 0.15) is 32.6 Å². The van der Waals surface area contributed by atoms with E-state index in [1.54, 1.807) is 6.08 Å². The van der Waals surface area contributed by atoms with E-state index in [9.17, 15) is 9.59 Å². The summed E-state index contributed by atoms with van der Waals surface area (Å²) in [5, 5.41) is 6.08. The number of rotatable bonds is 6. The first-order chi connectivity index (χ1) is 9.72. The van der Waals surface area contributed by atoms with Gasteiger partial charge in [0.2, 0.25) is 0 Å². The summed E-state index contributed by atoms with van der Waals surface area (Å²) in [6.45, 7) is 3.27. The highest BCUT2D eigenvalue weighted by atomic mass is 16.5. The molecular weight excluding hydrogens is 256 g/mol. The van der Waals surface area contributed by atoms with Gasteiger partial charge in [0.25, 0.3) is 0 Å². The zero-order chi connectivity index (χ0) is 14.4. The van der Waals surface area contributed by atoms with Gasteiger partial charge in [0.05, 0.1) is 0 Å². The zero-order valence-electron chi connectivity index (χ0n) is 11.9. The molecule has 0 bridgehead atoms. The lowest BCUT2D eigenvalue weighted by molar-refractivity contribution is -0.149. The number of Topliss-reactive ketones (excluding diaryl/α,β-unsaturated/α-hetero) is 1. The predicted molar refractivity (Wildman–Crippen MR) is 76.0 cm³/mol. The molecule has 1 aliphatic carbocycles. The van der Waals surface area contributed by atoms with E-state index < -0.39 is 6.10 Å². The Kier molecular flexibility index (Phi) is 5.49. The van der Waals surface area contributed by atoms with Gasteiger partial charge in [0.1, 0.15) is 12.1 Å². The predicted octanol–water partition coefficient (Wildman–Crippen LogP) is 1.06. The molecule has 0 radical (unpaired) electrons. The Morgan fingerprint density at radius 3 is 3.05 bits per heavy atom. The Hall–Kier alpha value is -1.46. The molecule has 1 aliphatic heterocycles. The van der Waals surface area contributed by atoms with E-state index in [1.807, 2.05) is 12.2 Å². The topological polar surface area (TPSA) is 67.4 Å². The van der Waals surface area contributed by atoms with Gasteiger partial charge < -0.3 is 10.1 Å². The number of hydrogen-bond donors (Lipinski definition) is 2. The van der Waals surface area contributed by atoms with Gasteiger partial charge in [-0.15, -0.1) is 0 Å². The number of unbranched alkanes of at least 4 members (excludes halogenated alkanes) is 1. The number of hydrogen-bond acceptors (Lipinski definition) is 5. The number of allylic oxidation sites excluding steroid dienone is 3. The van der Waals surface area contributed by atoms with E-state index in [4.69, 9.17) is 4.74 Å². The molecule has 110 valence electrons. The molecule has 0 aromatic rings. The zero-order valence-corrected chi connectivity index (χ0v) is 11.9. The molecule has 20 heavy (non-hydrogen) atoms. The minimum absolute atomic E-state index is 0.0545. The summed E-state index contributed by atoms with van der Waals surface area (Å²) >= 11 is 0. The van der Waals surface area contributed by atoms with Crippen molar-refractivity contribution in [3.63, 3.8) is 0 Å². The molecule has 1 fully saturated rings. The Morgan fingerprint density at radius 2 is 2.40 bits per heavy atom.